The molecule has 1 N–H and O–H groups in total. The molecule has 0 radical (unpaired) electrons. The molecule has 0 spiro atoms. The molecule has 4 heteroatoms. The van der Waals surface area contributed by atoms with E-state index in [0.717, 1.165) is 32.4 Å². The second kappa shape index (κ2) is 5.19. The Kier molecular flexibility index (Phi) is 3.52. The molecule has 1 heterocycles. The second-order valence-corrected chi connectivity index (χ2v) is 5.89. The van der Waals surface area contributed by atoms with E-state index in [1.807, 2.05) is 7.05 Å². The fraction of sp³-hybridized carbons (Fsp3) is 0.562. The van der Waals surface area contributed by atoms with Gasteiger partial charge in [0.15, 0.2) is 0 Å². The highest BCUT2D eigenvalue weighted by atomic mass is 16.5. The number of nitrogens with one attached hydrogen (secondary N) is 1. The monoisotopic (exact) mass is 274 g/mol. The first-order chi connectivity index (χ1) is 9.68. The van der Waals surface area contributed by atoms with Crippen molar-refractivity contribution >= 4 is 5.97 Å². The third-order valence-electron chi connectivity index (χ3n) is 4.92. The number of nitrogens with zero attached hydrogens (tertiary/aromatic N) is 1. The molecule has 1 aliphatic carbocycles. The summed E-state index contributed by atoms with van der Waals surface area (Å²) in [4.78, 5) is 14.5. The summed E-state index contributed by atoms with van der Waals surface area (Å²) in [7, 11) is 3.33. The minimum Gasteiger partial charge on any atom is -0.468 e. The lowest BCUT2D eigenvalue weighted by atomic mass is 9.97. The molecule has 1 aliphatic heterocycles. The van der Waals surface area contributed by atoms with Gasteiger partial charge in [-0.15, -0.1) is 0 Å². The summed E-state index contributed by atoms with van der Waals surface area (Å²) >= 11 is 0. The number of hydrogen-bond acceptors (Lipinski definition) is 4. The maximum atomic E-state index is 12.0. The topological polar surface area (TPSA) is 41.6 Å². The van der Waals surface area contributed by atoms with Crippen molar-refractivity contribution in [2.24, 2.45) is 0 Å². The fourth-order valence-corrected chi connectivity index (χ4v) is 3.66. The van der Waals surface area contributed by atoms with E-state index in [-0.39, 0.29) is 5.97 Å². The van der Waals surface area contributed by atoms with Crippen LogP contribution in [-0.4, -0.2) is 36.6 Å². The van der Waals surface area contributed by atoms with Gasteiger partial charge in [0, 0.05) is 19.1 Å². The Balaban J connectivity index is 1.71. The predicted octanol–water partition coefficient (Wildman–Crippen LogP) is 1.69. The lowest BCUT2D eigenvalue weighted by molar-refractivity contribution is -0.148. The third kappa shape index (κ3) is 2.13. The summed E-state index contributed by atoms with van der Waals surface area (Å²) in [6, 6.07) is 9.06. The Labute approximate surface area is 120 Å². The molecule has 2 atom stereocenters. The molecular weight excluding hydrogens is 252 g/mol. The molecule has 1 fully saturated rings. The zero-order valence-corrected chi connectivity index (χ0v) is 12.2. The van der Waals surface area contributed by atoms with Crippen LogP contribution in [0.15, 0.2) is 24.3 Å². The molecule has 4 nitrogen and oxygen atoms in total. The molecule has 108 valence electrons. The minimum atomic E-state index is -0.492. The largest absolute Gasteiger partial charge is 0.468 e. The Morgan fingerprint density at radius 2 is 2.00 bits per heavy atom. The summed E-state index contributed by atoms with van der Waals surface area (Å²) in [5, 5.41) is 3.20. The van der Waals surface area contributed by atoms with Crippen molar-refractivity contribution in [3.8, 4) is 0 Å². The van der Waals surface area contributed by atoms with Crippen LogP contribution in [0.25, 0.3) is 0 Å². The number of esters is 1. The average molecular weight is 274 g/mol. The van der Waals surface area contributed by atoms with Gasteiger partial charge in [-0.2, -0.15) is 0 Å². The number of carbonyl (C=O) groups excluding carboxylic acids is 1. The molecule has 2 unspecified atom stereocenters. The Hall–Kier alpha value is -1.39. The van der Waals surface area contributed by atoms with Crippen LogP contribution >= 0.6 is 0 Å². The number of methoxy groups -OCH3 is 1. The van der Waals surface area contributed by atoms with Gasteiger partial charge < -0.3 is 10.1 Å². The Morgan fingerprint density at radius 1 is 1.35 bits per heavy atom. The van der Waals surface area contributed by atoms with E-state index < -0.39 is 5.54 Å². The lowest BCUT2D eigenvalue weighted by Gasteiger charge is -2.28. The molecule has 2 aliphatic rings. The number of ether oxygens (including phenoxy) is 1. The summed E-state index contributed by atoms with van der Waals surface area (Å²) < 4.78 is 4.98. The van der Waals surface area contributed by atoms with Gasteiger partial charge in [-0.3, -0.25) is 9.69 Å². The van der Waals surface area contributed by atoms with E-state index in [4.69, 9.17) is 4.74 Å². The van der Waals surface area contributed by atoms with Gasteiger partial charge in [-0.1, -0.05) is 24.3 Å². The molecule has 20 heavy (non-hydrogen) atoms. The van der Waals surface area contributed by atoms with E-state index in [9.17, 15) is 4.79 Å². The van der Waals surface area contributed by atoms with Crippen molar-refractivity contribution in [3.05, 3.63) is 35.4 Å². The van der Waals surface area contributed by atoms with Crippen molar-refractivity contribution in [1.82, 2.24) is 10.2 Å². The fourth-order valence-electron chi connectivity index (χ4n) is 3.66. The lowest BCUT2D eigenvalue weighted by Crippen LogP contribution is -2.50. The molecule has 1 aromatic rings. The van der Waals surface area contributed by atoms with Crippen molar-refractivity contribution in [2.75, 3.05) is 14.2 Å². The number of carbonyl (C=O) groups is 1. The van der Waals surface area contributed by atoms with Crippen LogP contribution in [0.1, 0.15) is 30.4 Å². The first-order valence-corrected chi connectivity index (χ1v) is 7.27. The molecule has 0 aromatic heterocycles. The van der Waals surface area contributed by atoms with Gasteiger partial charge >= 0.3 is 5.97 Å². The van der Waals surface area contributed by atoms with Gasteiger partial charge in [0.2, 0.25) is 0 Å². The highest BCUT2D eigenvalue weighted by Gasteiger charge is 2.47. The van der Waals surface area contributed by atoms with Crippen molar-refractivity contribution < 1.29 is 9.53 Å². The molecule has 1 aromatic carbocycles. The highest BCUT2D eigenvalue weighted by molar-refractivity contribution is 5.81. The van der Waals surface area contributed by atoms with E-state index in [2.05, 4.69) is 34.5 Å². The maximum Gasteiger partial charge on any atom is 0.326 e. The van der Waals surface area contributed by atoms with Crippen LogP contribution in [0.3, 0.4) is 0 Å². The van der Waals surface area contributed by atoms with Crippen molar-refractivity contribution in [3.63, 3.8) is 0 Å². The summed E-state index contributed by atoms with van der Waals surface area (Å²) in [5.41, 5.74) is 2.36. The first-order valence-electron chi connectivity index (χ1n) is 7.27. The second-order valence-electron chi connectivity index (χ2n) is 5.89. The van der Waals surface area contributed by atoms with Crippen LogP contribution in [0.5, 0.6) is 0 Å². The zero-order valence-electron chi connectivity index (χ0n) is 12.2. The first kappa shape index (κ1) is 13.6. The summed E-state index contributed by atoms with van der Waals surface area (Å²) in [5.74, 6) is -0.126. The van der Waals surface area contributed by atoms with E-state index in [1.165, 1.54) is 18.2 Å². The normalized spacial score (nSPS) is 29.4. The van der Waals surface area contributed by atoms with Crippen LogP contribution in [0.4, 0.5) is 0 Å². The van der Waals surface area contributed by atoms with Crippen molar-refractivity contribution in [2.45, 2.75) is 43.9 Å². The Bertz CT molecular complexity index is 492. The highest BCUT2D eigenvalue weighted by Crippen LogP contribution is 2.37. The number of benzene rings is 1. The maximum absolute atomic E-state index is 12.0. The quantitative estimate of drug-likeness (QED) is 0.852. The average Bonchev–Trinajstić information content (AvgIpc) is 3.10. The molecule has 3 rings (SSSR count). The van der Waals surface area contributed by atoms with Crippen molar-refractivity contribution in [1.29, 1.82) is 0 Å². The van der Waals surface area contributed by atoms with Gasteiger partial charge in [-0.25, -0.2) is 0 Å². The number of rotatable bonds is 3. The third-order valence-corrected chi connectivity index (χ3v) is 4.92. The molecule has 1 saturated carbocycles. The van der Waals surface area contributed by atoms with Gasteiger partial charge in [0.25, 0.3) is 0 Å². The van der Waals surface area contributed by atoms with Crippen LogP contribution in [-0.2, 0) is 22.6 Å². The minimum absolute atomic E-state index is 0.126. The number of hydrogen-bond donors (Lipinski definition) is 1. The van der Waals surface area contributed by atoms with Crippen LogP contribution in [0.2, 0.25) is 0 Å². The van der Waals surface area contributed by atoms with E-state index in [1.54, 1.807) is 0 Å². The van der Waals surface area contributed by atoms with Crippen LogP contribution < -0.4 is 5.32 Å². The van der Waals surface area contributed by atoms with Gasteiger partial charge in [-0.05, 0) is 37.4 Å². The van der Waals surface area contributed by atoms with Crippen LogP contribution in [0, 0.1) is 0 Å². The Morgan fingerprint density at radius 3 is 2.55 bits per heavy atom. The molecule has 0 saturated heterocycles. The zero-order chi connectivity index (χ0) is 14.2. The standard InChI is InChI=1S/C16H22N2O2/c1-17-16(15(19)20-2)8-7-14(9-16)18-10-12-5-3-4-6-13(12)11-18/h3-6,14,17H,7-11H2,1-2H3. The van der Waals surface area contributed by atoms with Gasteiger partial charge in [0.05, 0.1) is 7.11 Å². The SMILES string of the molecule is CNC1(C(=O)OC)CCC(N2Cc3ccccc3C2)C1. The molecule has 0 amide bonds. The predicted molar refractivity (Wildman–Crippen MR) is 77.1 cm³/mol. The summed E-state index contributed by atoms with van der Waals surface area (Å²) in [6.07, 6.45) is 2.74. The van der Waals surface area contributed by atoms with E-state index >= 15 is 0 Å². The van der Waals surface area contributed by atoms with Gasteiger partial charge in [0.1, 0.15) is 5.54 Å². The van der Waals surface area contributed by atoms with E-state index in [0.29, 0.717) is 6.04 Å². The molecule has 0 bridgehead atoms. The molecular formula is C16H22N2O2. The number of likely N-dealkylation sites (N-methyl/N-ethyl adjacent to an activating group) is 1. The summed E-state index contributed by atoms with van der Waals surface area (Å²) in [6.45, 7) is 2.00. The number of fused-ring (bicyclic) bond motifs is 1. The smallest absolute Gasteiger partial charge is 0.326 e.